The van der Waals surface area contributed by atoms with Crippen LogP contribution in [0.3, 0.4) is 0 Å². The molecule has 2 fully saturated rings. The fourth-order valence-corrected chi connectivity index (χ4v) is 4.01. The Hall–Kier alpha value is -2.13. The van der Waals surface area contributed by atoms with E-state index in [0.717, 1.165) is 12.8 Å². The van der Waals surface area contributed by atoms with E-state index in [9.17, 15) is 14.4 Å². The van der Waals surface area contributed by atoms with Gasteiger partial charge < -0.3 is 15.0 Å². The predicted molar refractivity (Wildman–Crippen MR) is 97.0 cm³/mol. The van der Waals surface area contributed by atoms with Crippen molar-refractivity contribution < 1.29 is 13.9 Å². The van der Waals surface area contributed by atoms with E-state index >= 15 is 0 Å². The number of ether oxygens (including phenoxy) is 1. The number of nitriles is 1. The molecule has 6 heteroatoms. The number of rotatable bonds is 4. The molecule has 0 spiro atoms. The molecule has 1 saturated heterocycles. The van der Waals surface area contributed by atoms with Gasteiger partial charge >= 0.3 is 0 Å². The highest BCUT2D eigenvalue weighted by Gasteiger charge is 2.41. The van der Waals surface area contributed by atoms with Gasteiger partial charge in [0.1, 0.15) is 11.2 Å². The molecule has 0 radical (unpaired) electrons. The zero-order valence-corrected chi connectivity index (χ0v) is 15.4. The van der Waals surface area contributed by atoms with Crippen LogP contribution in [0.1, 0.15) is 45.1 Å². The van der Waals surface area contributed by atoms with E-state index in [1.165, 1.54) is 6.07 Å². The molecule has 3 rings (SSSR count). The Kier molecular flexibility index (Phi) is 5.47. The van der Waals surface area contributed by atoms with Gasteiger partial charge in [-0.3, -0.25) is 4.79 Å². The average molecular weight is 359 g/mol. The van der Waals surface area contributed by atoms with Crippen molar-refractivity contribution in [3.8, 4) is 6.07 Å². The first-order valence-corrected chi connectivity index (χ1v) is 9.32. The molecule has 5 nitrogen and oxygen atoms in total. The van der Waals surface area contributed by atoms with Gasteiger partial charge in [-0.05, 0) is 44.4 Å². The Balaban J connectivity index is 1.64. The molecular weight excluding hydrogens is 333 g/mol. The molecule has 1 aromatic carbocycles. The molecule has 1 amide bonds. The van der Waals surface area contributed by atoms with Crippen LogP contribution < -0.4 is 10.2 Å². The van der Waals surface area contributed by atoms with Crippen molar-refractivity contribution in [3.05, 3.63) is 29.6 Å². The summed E-state index contributed by atoms with van der Waals surface area (Å²) >= 11 is 0. The molecule has 26 heavy (non-hydrogen) atoms. The van der Waals surface area contributed by atoms with Crippen LogP contribution in [-0.4, -0.2) is 31.2 Å². The van der Waals surface area contributed by atoms with Crippen molar-refractivity contribution in [3.63, 3.8) is 0 Å². The maximum Gasteiger partial charge on any atom is 0.240 e. The van der Waals surface area contributed by atoms with Gasteiger partial charge in [0, 0.05) is 19.6 Å². The minimum Gasteiger partial charge on any atom is -0.372 e. The van der Waals surface area contributed by atoms with Gasteiger partial charge in [-0.2, -0.15) is 5.26 Å². The van der Waals surface area contributed by atoms with Crippen LogP contribution in [0.5, 0.6) is 0 Å². The quantitative estimate of drug-likeness (QED) is 0.897. The summed E-state index contributed by atoms with van der Waals surface area (Å²) in [7, 11) is 0. The first kappa shape index (κ1) is 18.7. The Morgan fingerprint density at radius 3 is 2.58 bits per heavy atom. The standard InChI is InChI=1S/C20H26FN3O2/c1-14-11-24(12-15(2)26-14)18-6-5-16(9-17(18)21)10-23-19(25)20(13-22)7-3-4-8-20/h5-6,9,14-15H,3-4,7-8,10-12H2,1-2H3,(H,23,25)/t14-,15-/m0/s1. The van der Waals surface area contributed by atoms with Crippen LogP contribution in [0.4, 0.5) is 10.1 Å². The van der Waals surface area contributed by atoms with Crippen molar-refractivity contribution >= 4 is 11.6 Å². The molecule has 2 atom stereocenters. The van der Waals surface area contributed by atoms with E-state index < -0.39 is 5.41 Å². The van der Waals surface area contributed by atoms with Gasteiger partial charge in [0.25, 0.3) is 0 Å². The average Bonchev–Trinajstić information content (AvgIpc) is 3.09. The predicted octanol–water partition coefficient (Wildman–Crippen LogP) is 3.14. The molecule has 1 aliphatic heterocycles. The molecule has 1 saturated carbocycles. The van der Waals surface area contributed by atoms with Gasteiger partial charge in [-0.15, -0.1) is 0 Å². The molecule has 0 unspecified atom stereocenters. The number of halogens is 1. The summed E-state index contributed by atoms with van der Waals surface area (Å²) in [6, 6.07) is 7.24. The summed E-state index contributed by atoms with van der Waals surface area (Å²) in [4.78, 5) is 14.4. The van der Waals surface area contributed by atoms with Gasteiger partial charge in [-0.1, -0.05) is 18.9 Å². The van der Waals surface area contributed by atoms with E-state index in [2.05, 4.69) is 11.4 Å². The highest BCUT2D eigenvalue weighted by atomic mass is 19.1. The van der Waals surface area contributed by atoms with Crippen molar-refractivity contribution in [1.29, 1.82) is 5.26 Å². The Labute approximate surface area is 154 Å². The topological polar surface area (TPSA) is 65.4 Å². The number of nitrogens with one attached hydrogen (secondary N) is 1. The first-order chi connectivity index (χ1) is 12.4. The van der Waals surface area contributed by atoms with Crippen LogP contribution in [0, 0.1) is 22.6 Å². The number of hydrogen-bond acceptors (Lipinski definition) is 4. The molecule has 1 heterocycles. The summed E-state index contributed by atoms with van der Waals surface area (Å²) < 4.78 is 20.3. The van der Waals surface area contributed by atoms with E-state index in [-0.39, 0.29) is 30.5 Å². The summed E-state index contributed by atoms with van der Waals surface area (Å²) in [5.74, 6) is -0.535. The lowest BCUT2D eigenvalue weighted by Gasteiger charge is -2.37. The maximum absolute atomic E-state index is 14.6. The second kappa shape index (κ2) is 7.63. The van der Waals surface area contributed by atoms with Crippen LogP contribution in [0.2, 0.25) is 0 Å². The molecule has 0 aromatic heterocycles. The maximum atomic E-state index is 14.6. The highest BCUT2D eigenvalue weighted by Crippen LogP contribution is 2.37. The minimum atomic E-state index is -0.904. The van der Waals surface area contributed by atoms with Crippen molar-refractivity contribution in [2.75, 3.05) is 18.0 Å². The number of carbonyl (C=O) groups is 1. The molecule has 0 bridgehead atoms. The van der Waals surface area contributed by atoms with Crippen molar-refractivity contribution in [2.45, 2.75) is 58.3 Å². The fourth-order valence-electron chi connectivity index (χ4n) is 4.01. The zero-order chi connectivity index (χ0) is 18.7. The van der Waals surface area contributed by atoms with Gasteiger partial charge in [0.05, 0.1) is 24.0 Å². The first-order valence-electron chi connectivity index (χ1n) is 9.32. The van der Waals surface area contributed by atoms with E-state index in [1.54, 1.807) is 6.07 Å². The minimum absolute atomic E-state index is 0.0608. The van der Waals surface area contributed by atoms with E-state index in [0.29, 0.717) is 37.2 Å². The Morgan fingerprint density at radius 2 is 2.00 bits per heavy atom. The lowest BCUT2D eigenvalue weighted by atomic mass is 9.87. The van der Waals surface area contributed by atoms with E-state index in [1.807, 2.05) is 24.8 Å². The second-order valence-electron chi connectivity index (χ2n) is 7.53. The number of hydrogen-bond donors (Lipinski definition) is 1. The number of amides is 1. The molecular formula is C20H26FN3O2. The summed E-state index contributed by atoms with van der Waals surface area (Å²) in [5, 5.41) is 12.2. The van der Waals surface area contributed by atoms with Crippen LogP contribution >= 0.6 is 0 Å². The van der Waals surface area contributed by atoms with Crippen LogP contribution in [-0.2, 0) is 16.1 Å². The molecule has 1 N–H and O–H groups in total. The smallest absolute Gasteiger partial charge is 0.240 e. The third-order valence-corrected chi connectivity index (χ3v) is 5.33. The normalized spacial score (nSPS) is 24.9. The number of nitrogens with zero attached hydrogens (tertiary/aromatic N) is 2. The number of morpholine rings is 1. The zero-order valence-electron chi connectivity index (χ0n) is 15.4. The highest BCUT2D eigenvalue weighted by molar-refractivity contribution is 5.85. The van der Waals surface area contributed by atoms with Crippen LogP contribution in [0.25, 0.3) is 0 Å². The monoisotopic (exact) mass is 359 g/mol. The molecule has 1 aromatic rings. The summed E-state index contributed by atoms with van der Waals surface area (Å²) in [6.07, 6.45) is 3.14. The lowest BCUT2D eigenvalue weighted by molar-refractivity contribution is -0.128. The number of anilines is 1. The third-order valence-electron chi connectivity index (χ3n) is 5.33. The largest absolute Gasteiger partial charge is 0.372 e. The lowest BCUT2D eigenvalue weighted by Crippen LogP contribution is -2.45. The number of benzene rings is 1. The summed E-state index contributed by atoms with van der Waals surface area (Å²) in [5.41, 5.74) is 0.352. The number of carbonyl (C=O) groups excluding carboxylic acids is 1. The third kappa shape index (κ3) is 3.83. The molecule has 2 aliphatic rings. The SMILES string of the molecule is C[C@H]1CN(c2ccc(CNC(=O)C3(C#N)CCCC3)cc2F)C[C@H](C)O1. The van der Waals surface area contributed by atoms with Crippen LogP contribution in [0.15, 0.2) is 18.2 Å². The molecule has 140 valence electrons. The Morgan fingerprint density at radius 1 is 1.35 bits per heavy atom. The van der Waals surface area contributed by atoms with Gasteiger partial charge in [0.2, 0.25) is 5.91 Å². The second-order valence-corrected chi connectivity index (χ2v) is 7.53. The van der Waals surface area contributed by atoms with E-state index in [4.69, 9.17) is 4.74 Å². The van der Waals surface area contributed by atoms with Gasteiger partial charge in [-0.25, -0.2) is 4.39 Å². The van der Waals surface area contributed by atoms with Gasteiger partial charge in [0.15, 0.2) is 0 Å². The van der Waals surface area contributed by atoms with Crippen molar-refractivity contribution in [1.82, 2.24) is 5.32 Å². The fraction of sp³-hybridized carbons (Fsp3) is 0.600. The summed E-state index contributed by atoms with van der Waals surface area (Å²) in [6.45, 7) is 5.51. The molecule has 1 aliphatic carbocycles. The Bertz CT molecular complexity index is 699. The van der Waals surface area contributed by atoms with Crippen molar-refractivity contribution in [2.24, 2.45) is 5.41 Å².